The predicted octanol–water partition coefficient (Wildman–Crippen LogP) is 1.05. The van der Waals surface area contributed by atoms with Crippen LogP contribution in [0.25, 0.3) is 11.0 Å². The molecule has 4 heterocycles. The van der Waals surface area contributed by atoms with E-state index in [4.69, 9.17) is 18.9 Å². The van der Waals surface area contributed by atoms with Gasteiger partial charge in [0.25, 0.3) is 0 Å². The van der Waals surface area contributed by atoms with Gasteiger partial charge >= 0.3 is 0 Å². The number of fused-ring (bicyclic) bond motifs is 3. The SMILES string of the molecule is CCC1C2=CC=NC2=C[NH+]1c1c2c(cc3c(=O)cc(C)oc13)C[C@@H](OOC[C@@](O)(Cc1ccc(O)cc1)[C@@H](O)[C@H](O)[C@H](O)CO)C(C)(C)O2. The van der Waals surface area contributed by atoms with E-state index in [1.807, 2.05) is 26.1 Å². The summed E-state index contributed by atoms with van der Waals surface area (Å²) >= 11 is 0. The smallest absolute Gasteiger partial charge is 0.222 e. The standard InChI is InChI=1S/C36H42N2O11/c1-5-26-23-10-11-37-25(23)16-38(26)30-32-21(13-24-27(41)12-19(2)47-33(24)30)14-29(35(3,4)48-32)49-46-18-36(45,34(44)31(43)28(42)17-39)15-20-6-8-22(40)9-7-20/h6-13,16,26,28-29,31,34,39-40,42-45H,5,14-15,17-18H2,1-4H3/p+1/t26?,28-,29-,31-,34+,36+/m1/s1. The number of phenols is 1. The number of aryl methyl sites for hydroxylation is 1. The van der Waals surface area contributed by atoms with Crippen molar-refractivity contribution < 1.29 is 54.5 Å². The fraction of sp³-hybridized carbons (Fsp3) is 0.444. The van der Waals surface area contributed by atoms with Crippen LogP contribution in [0.5, 0.6) is 11.5 Å². The molecule has 0 saturated carbocycles. The van der Waals surface area contributed by atoms with Crippen LogP contribution in [0.15, 0.2) is 74.1 Å². The first-order valence-corrected chi connectivity index (χ1v) is 16.3. The Morgan fingerprint density at radius 3 is 2.59 bits per heavy atom. The Labute approximate surface area is 282 Å². The van der Waals surface area contributed by atoms with Gasteiger partial charge in [-0.15, -0.1) is 0 Å². The molecule has 13 nitrogen and oxygen atoms in total. The van der Waals surface area contributed by atoms with E-state index in [9.17, 15) is 35.4 Å². The number of aliphatic hydroxyl groups excluding tert-OH is 4. The molecule has 2 aromatic carbocycles. The van der Waals surface area contributed by atoms with Gasteiger partial charge in [-0.25, -0.2) is 9.78 Å². The topological polar surface area (TPSA) is 196 Å². The number of nitrogens with zero attached hydrogens (tertiary/aromatic N) is 1. The second-order valence-electron chi connectivity index (χ2n) is 13.6. The number of aromatic hydroxyl groups is 1. The fourth-order valence-electron chi connectivity index (χ4n) is 6.84. The summed E-state index contributed by atoms with van der Waals surface area (Å²) in [4.78, 5) is 30.3. The van der Waals surface area contributed by atoms with E-state index in [0.717, 1.165) is 22.6 Å². The molecular formula is C36H43N2O11+. The van der Waals surface area contributed by atoms with Crippen LogP contribution in [0.1, 0.15) is 44.1 Å². The van der Waals surface area contributed by atoms with E-state index < -0.39 is 48.8 Å². The van der Waals surface area contributed by atoms with Crippen LogP contribution in [0.2, 0.25) is 0 Å². The lowest BCUT2D eigenvalue weighted by molar-refractivity contribution is -0.793. The highest BCUT2D eigenvalue weighted by atomic mass is 17.2. The van der Waals surface area contributed by atoms with E-state index in [1.165, 1.54) is 30.3 Å². The Kier molecular flexibility index (Phi) is 9.56. The lowest BCUT2D eigenvalue weighted by atomic mass is 9.85. The van der Waals surface area contributed by atoms with Gasteiger partial charge in [0.1, 0.15) is 71.7 Å². The third kappa shape index (κ3) is 6.56. The molecule has 0 bridgehead atoms. The Hall–Kier alpha value is -3.92. The Bertz CT molecular complexity index is 1870. The van der Waals surface area contributed by atoms with Gasteiger partial charge in [-0.1, -0.05) is 19.1 Å². The van der Waals surface area contributed by atoms with Crippen molar-refractivity contribution in [2.24, 2.45) is 4.99 Å². The Balaban J connectivity index is 1.31. The molecule has 1 aromatic heterocycles. The number of quaternary nitrogens is 1. The minimum atomic E-state index is -2.21. The number of phenolic OH excluding ortho intramolecular Hbond substituents is 1. The molecule has 7 atom stereocenters. The summed E-state index contributed by atoms with van der Waals surface area (Å²) in [6, 6.07) is 9.05. The lowest BCUT2D eigenvalue weighted by Gasteiger charge is -2.40. The number of rotatable bonds is 12. The molecule has 49 heavy (non-hydrogen) atoms. The van der Waals surface area contributed by atoms with Gasteiger partial charge in [0.15, 0.2) is 11.2 Å². The Morgan fingerprint density at radius 1 is 1.16 bits per heavy atom. The van der Waals surface area contributed by atoms with Crippen LogP contribution in [0.4, 0.5) is 5.69 Å². The second kappa shape index (κ2) is 13.4. The molecule has 2 unspecified atom stereocenters. The number of allylic oxidation sites excluding steroid dienone is 1. The molecule has 262 valence electrons. The predicted molar refractivity (Wildman–Crippen MR) is 178 cm³/mol. The van der Waals surface area contributed by atoms with E-state index >= 15 is 0 Å². The highest BCUT2D eigenvalue weighted by Crippen LogP contribution is 2.43. The summed E-state index contributed by atoms with van der Waals surface area (Å²) in [5, 5.41) is 62.5. The largest absolute Gasteiger partial charge is 0.508 e. The molecule has 3 aromatic rings. The molecule has 13 heteroatoms. The molecular weight excluding hydrogens is 636 g/mol. The van der Waals surface area contributed by atoms with Crippen molar-refractivity contribution in [1.29, 1.82) is 0 Å². The van der Waals surface area contributed by atoms with E-state index in [1.54, 1.807) is 19.2 Å². The summed E-state index contributed by atoms with van der Waals surface area (Å²) in [6.07, 6.45) is 0.168. The summed E-state index contributed by atoms with van der Waals surface area (Å²) in [5.41, 5.74) is 0.830. The van der Waals surface area contributed by atoms with Gasteiger partial charge in [-0.2, -0.15) is 0 Å². The van der Waals surface area contributed by atoms with Gasteiger partial charge in [0, 0.05) is 42.7 Å². The molecule has 0 fully saturated rings. The van der Waals surface area contributed by atoms with E-state index in [2.05, 4.69) is 11.9 Å². The zero-order valence-electron chi connectivity index (χ0n) is 27.8. The first-order chi connectivity index (χ1) is 23.3. The van der Waals surface area contributed by atoms with Crippen molar-refractivity contribution in [1.82, 2.24) is 0 Å². The number of aliphatic hydroxyl groups is 5. The van der Waals surface area contributed by atoms with Crippen LogP contribution in [0, 0.1) is 6.92 Å². The second-order valence-corrected chi connectivity index (χ2v) is 13.6. The third-order valence-electron chi connectivity index (χ3n) is 9.62. The van der Waals surface area contributed by atoms with Crippen molar-refractivity contribution in [3.63, 3.8) is 0 Å². The molecule has 6 rings (SSSR count). The minimum Gasteiger partial charge on any atom is -0.508 e. The third-order valence-corrected chi connectivity index (χ3v) is 9.62. The van der Waals surface area contributed by atoms with Crippen LogP contribution >= 0.6 is 0 Å². The average Bonchev–Trinajstić information content (AvgIpc) is 3.65. The number of aliphatic imine (C=N–C) groups is 1. The first-order valence-electron chi connectivity index (χ1n) is 16.3. The highest BCUT2D eigenvalue weighted by Gasteiger charge is 2.47. The molecule has 0 aliphatic carbocycles. The van der Waals surface area contributed by atoms with Gasteiger partial charge < -0.3 is 39.8 Å². The molecule has 0 radical (unpaired) electrons. The van der Waals surface area contributed by atoms with Crippen molar-refractivity contribution in [2.75, 3.05) is 13.2 Å². The highest BCUT2D eigenvalue weighted by molar-refractivity contribution is 5.90. The van der Waals surface area contributed by atoms with Crippen LogP contribution in [-0.2, 0) is 22.6 Å². The van der Waals surface area contributed by atoms with Crippen LogP contribution in [-0.4, -0.2) is 91.7 Å². The zero-order valence-corrected chi connectivity index (χ0v) is 27.8. The number of ether oxygens (including phenoxy) is 1. The average molecular weight is 680 g/mol. The van der Waals surface area contributed by atoms with Crippen molar-refractivity contribution in [3.8, 4) is 11.5 Å². The van der Waals surface area contributed by atoms with Gasteiger partial charge in [-0.05, 0) is 50.6 Å². The minimum absolute atomic E-state index is 0.00606. The number of nitrogens with one attached hydrogen (secondary N) is 1. The maximum atomic E-state index is 13.3. The molecule has 0 saturated heterocycles. The quantitative estimate of drug-likeness (QED) is 0.107. The maximum absolute atomic E-state index is 13.3. The van der Waals surface area contributed by atoms with Crippen molar-refractivity contribution in [2.45, 2.75) is 88.6 Å². The normalized spacial score (nSPS) is 24.0. The summed E-state index contributed by atoms with van der Waals surface area (Å²) in [6.45, 7) is 5.95. The fourth-order valence-corrected chi connectivity index (χ4v) is 6.84. The molecule has 7 N–H and O–H groups in total. The van der Waals surface area contributed by atoms with Crippen LogP contribution < -0.4 is 15.1 Å². The monoisotopic (exact) mass is 679 g/mol. The lowest BCUT2D eigenvalue weighted by Crippen LogP contribution is -3.05. The number of hydrogen-bond acceptors (Lipinski definition) is 12. The molecule has 3 aliphatic heterocycles. The summed E-state index contributed by atoms with van der Waals surface area (Å²) < 4.78 is 12.9. The van der Waals surface area contributed by atoms with Crippen molar-refractivity contribution >= 4 is 22.9 Å². The first kappa shape index (κ1) is 34.9. The molecule has 3 aliphatic rings. The van der Waals surface area contributed by atoms with E-state index in [-0.39, 0.29) is 30.1 Å². The number of hydrogen-bond donors (Lipinski definition) is 7. The van der Waals surface area contributed by atoms with Gasteiger partial charge in [-0.3, -0.25) is 14.7 Å². The Morgan fingerprint density at radius 2 is 1.90 bits per heavy atom. The van der Waals surface area contributed by atoms with Gasteiger partial charge in [0.2, 0.25) is 11.3 Å². The van der Waals surface area contributed by atoms with Gasteiger partial charge in [0.05, 0.1) is 12.0 Å². The van der Waals surface area contributed by atoms with Crippen LogP contribution in [0.3, 0.4) is 0 Å². The maximum Gasteiger partial charge on any atom is 0.222 e. The van der Waals surface area contributed by atoms with Crippen molar-refractivity contribution in [3.05, 3.63) is 87.1 Å². The molecule has 0 amide bonds. The number of benzene rings is 2. The zero-order chi connectivity index (χ0) is 35.2. The summed E-state index contributed by atoms with van der Waals surface area (Å²) in [5.74, 6) is 1.02. The summed E-state index contributed by atoms with van der Waals surface area (Å²) in [7, 11) is 0. The van der Waals surface area contributed by atoms with E-state index in [0.29, 0.717) is 39.3 Å². The molecule has 0 spiro atoms.